The summed E-state index contributed by atoms with van der Waals surface area (Å²) in [4.78, 5) is 43.5. The Morgan fingerprint density at radius 1 is 1.44 bits per heavy atom. The zero-order chi connectivity index (χ0) is 18.9. The van der Waals surface area contributed by atoms with E-state index in [2.05, 4.69) is 15.0 Å². The Labute approximate surface area is 200 Å². The number of β-lactam (4-membered cyclic amide) rings is 1. The quantitative estimate of drug-likeness (QED) is 0.112. The average Bonchev–Trinajstić information content (AvgIpc) is 2.91. The van der Waals surface area contributed by atoms with Crippen LogP contribution in [0.4, 0.5) is 5.13 Å². The molecule has 2 rings (SSSR count). The molecule has 5 N–H and O–H groups in total. The number of hydrogen-bond acceptors (Lipinski definition) is 10. The van der Waals surface area contributed by atoms with E-state index in [1.807, 2.05) is 5.32 Å². The fourth-order valence-electron chi connectivity index (χ4n) is 2.01. The molecule has 1 saturated heterocycles. The molecule has 0 aromatic carbocycles. The van der Waals surface area contributed by atoms with Gasteiger partial charge in [-0.05, 0) is 0 Å². The van der Waals surface area contributed by atoms with Gasteiger partial charge < -0.3 is 21.0 Å². The van der Waals surface area contributed by atoms with Crippen molar-refractivity contribution in [3.63, 3.8) is 0 Å². The van der Waals surface area contributed by atoms with Crippen LogP contribution in [-0.4, -0.2) is 129 Å². The minimum atomic E-state index is -5.09. The summed E-state index contributed by atoms with van der Waals surface area (Å²) in [5, 5.41) is 16.0. The number of carbonyl (C=O) groups excluding carboxylic acids is 2. The van der Waals surface area contributed by atoms with Gasteiger partial charge in [-0.15, -0.1) is 11.3 Å². The van der Waals surface area contributed by atoms with E-state index in [-0.39, 0.29) is 74.2 Å². The maximum atomic E-state index is 12.2. The second kappa shape index (κ2) is 10.1. The second-order valence-corrected chi connectivity index (χ2v) is 6.72. The van der Waals surface area contributed by atoms with E-state index in [4.69, 9.17) is 15.4 Å². The van der Waals surface area contributed by atoms with Gasteiger partial charge in [-0.1, -0.05) is 5.16 Å². The number of carbonyl (C=O) groups is 3. The zero-order valence-electron chi connectivity index (χ0n) is 12.3. The fourth-order valence-corrected chi connectivity index (χ4v) is 3.39. The van der Waals surface area contributed by atoms with Gasteiger partial charge in [0.1, 0.15) is 18.8 Å². The first-order chi connectivity index (χ1) is 11.6. The summed E-state index contributed by atoms with van der Waals surface area (Å²) in [6, 6.07) is -3.74. The SMILES string of the molecule is CO/N=C(\C(=O)N[C@H]1C(=O)N(S(=O)(=O)O)[C@H]1C(=O)O)c1csc(N)n1.[NaH].[NaH]. The summed E-state index contributed by atoms with van der Waals surface area (Å²) in [6.07, 6.45) is 0. The van der Waals surface area contributed by atoms with Crippen LogP contribution in [0.2, 0.25) is 0 Å². The molecule has 140 valence electrons. The molecule has 1 fully saturated rings. The topological polar surface area (TPSA) is 202 Å². The molecule has 2 amide bonds. The number of nitrogens with one attached hydrogen (secondary N) is 1. The molecular weight excluding hydrogens is 428 g/mol. The van der Waals surface area contributed by atoms with Gasteiger partial charge in [-0.3, -0.25) is 14.1 Å². The summed E-state index contributed by atoms with van der Waals surface area (Å²) in [5.74, 6) is -4.12. The number of anilines is 1. The van der Waals surface area contributed by atoms with Gasteiger partial charge in [-0.25, -0.2) is 9.78 Å². The molecule has 1 aromatic rings. The third kappa shape index (κ3) is 5.61. The van der Waals surface area contributed by atoms with Crippen molar-refractivity contribution in [2.45, 2.75) is 12.1 Å². The number of rotatable bonds is 6. The minimum absolute atomic E-state index is 0. The monoisotopic (exact) mass is 441 g/mol. The van der Waals surface area contributed by atoms with Crippen LogP contribution in [0.3, 0.4) is 0 Å². The van der Waals surface area contributed by atoms with Crippen molar-refractivity contribution in [3.8, 4) is 0 Å². The number of carboxylic acids is 1. The normalized spacial score (nSPS) is 19.3. The Kier molecular flexibility index (Phi) is 9.84. The van der Waals surface area contributed by atoms with Crippen molar-refractivity contribution in [2.24, 2.45) is 5.16 Å². The number of amides is 2. The Morgan fingerprint density at radius 3 is 2.44 bits per heavy atom. The van der Waals surface area contributed by atoms with Crippen molar-refractivity contribution < 1.29 is 37.3 Å². The number of hydrogen-bond donors (Lipinski definition) is 4. The van der Waals surface area contributed by atoms with E-state index in [1.54, 1.807) is 0 Å². The van der Waals surface area contributed by atoms with Crippen molar-refractivity contribution in [2.75, 3.05) is 12.8 Å². The number of nitrogen functional groups attached to an aromatic ring is 1. The van der Waals surface area contributed by atoms with Crippen LogP contribution < -0.4 is 11.1 Å². The first-order valence-electron chi connectivity index (χ1n) is 6.24. The van der Waals surface area contributed by atoms with Gasteiger partial charge >= 0.3 is 75.4 Å². The predicted octanol–water partition coefficient (Wildman–Crippen LogP) is -3.64. The fraction of sp³-hybridized carbons (Fsp3) is 0.300. The van der Waals surface area contributed by atoms with Crippen molar-refractivity contribution in [1.82, 2.24) is 14.6 Å². The van der Waals surface area contributed by atoms with Crippen LogP contribution in [-0.2, 0) is 29.5 Å². The van der Waals surface area contributed by atoms with E-state index in [1.165, 1.54) is 5.38 Å². The third-order valence-electron chi connectivity index (χ3n) is 3.00. The molecular formula is C10H13N5Na2O8S2. The summed E-state index contributed by atoms with van der Waals surface area (Å²) < 4.78 is 30.7. The van der Waals surface area contributed by atoms with E-state index >= 15 is 0 Å². The number of nitrogens with two attached hydrogens (primary N) is 1. The van der Waals surface area contributed by atoms with Gasteiger partial charge in [0.05, 0.1) is 0 Å². The molecule has 0 aliphatic carbocycles. The van der Waals surface area contributed by atoms with E-state index in [0.29, 0.717) is 0 Å². The van der Waals surface area contributed by atoms with Crippen LogP contribution >= 0.6 is 11.3 Å². The predicted molar refractivity (Wildman–Crippen MR) is 96.1 cm³/mol. The summed E-state index contributed by atoms with van der Waals surface area (Å²) >= 11 is 0.993. The van der Waals surface area contributed by atoms with Crippen LogP contribution in [0.15, 0.2) is 10.5 Å². The molecule has 2 atom stereocenters. The van der Waals surface area contributed by atoms with Crippen LogP contribution in [0, 0.1) is 0 Å². The molecule has 0 radical (unpaired) electrons. The van der Waals surface area contributed by atoms with Gasteiger partial charge in [0.15, 0.2) is 16.9 Å². The summed E-state index contributed by atoms with van der Waals surface area (Å²) in [6.45, 7) is 0. The van der Waals surface area contributed by atoms with Crippen LogP contribution in [0.5, 0.6) is 0 Å². The number of nitrogens with zero attached hydrogens (tertiary/aromatic N) is 3. The molecule has 0 saturated carbocycles. The number of thiazole rings is 1. The molecule has 13 nitrogen and oxygen atoms in total. The zero-order valence-corrected chi connectivity index (χ0v) is 13.9. The van der Waals surface area contributed by atoms with Gasteiger partial charge in [0.25, 0.3) is 11.8 Å². The molecule has 1 aliphatic rings. The number of aliphatic carboxylic acids is 1. The summed E-state index contributed by atoms with van der Waals surface area (Å²) in [5.41, 5.74) is 5.05. The van der Waals surface area contributed by atoms with Gasteiger partial charge in [0.2, 0.25) is 0 Å². The number of aromatic nitrogens is 1. The molecule has 0 bridgehead atoms. The van der Waals surface area contributed by atoms with Crippen LogP contribution in [0.25, 0.3) is 0 Å². The van der Waals surface area contributed by atoms with Crippen molar-refractivity contribution in [1.29, 1.82) is 0 Å². The van der Waals surface area contributed by atoms with Crippen molar-refractivity contribution in [3.05, 3.63) is 11.1 Å². The molecule has 17 heteroatoms. The third-order valence-corrected chi connectivity index (χ3v) is 4.58. The Bertz CT molecular complexity index is 873. The molecule has 27 heavy (non-hydrogen) atoms. The Hall–Kier alpha value is -0.780. The molecule has 0 spiro atoms. The van der Waals surface area contributed by atoms with Crippen LogP contribution in [0.1, 0.15) is 5.69 Å². The van der Waals surface area contributed by atoms with Crippen molar-refractivity contribution >= 4 is 109 Å². The molecule has 1 aromatic heterocycles. The average molecular weight is 441 g/mol. The second-order valence-electron chi connectivity index (χ2n) is 4.54. The molecule has 2 heterocycles. The maximum absolute atomic E-state index is 12.2. The first-order valence-corrected chi connectivity index (χ1v) is 8.52. The van der Waals surface area contributed by atoms with Gasteiger partial charge in [-0.2, -0.15) is 12.7 Å². The molecule has 0 unspecified atom stereocenters. The van der Waals surface area contributed by atoms with E-state index in [9.17, 15) is 22.8 Å². The first kappa shape index (κ1) is 26.2. The van der Waals surface area contributed by atoms with E-state index < -0.39 is 45.9 Å². The number of oxime groups is 1. The van der Waals surface area contributed by atoms with Gasteiger partial charge in [0, 0.05) is 5.38 Å². The standard InChI is InChI=1S/C10H11N5O8S2.2Na.2H/c1-23-14-4(3-2-24-10(11)12-3)7(16)13-5-6(9(18)19)15(8(5)17)25(20,21)22;;;;/h2,5-6H,1H3,(H2,11,12)(H,13,16)(H,18,19)(H,20,21,22);;;;/b14-4-;;;;/t5-,6-;;;;/m1..../s1. The Morgan fingerprint density at radius 2 is 2.04 bits per heavy atom. The summed E-state index contributed by atoms with van der Waals surface area (Å²) in [7, 11) is -3.95. The number of carboxylic acid groups (broad SMARTS) is 1. The Balaban J connectivity index is 0.00000338. The molecule has 1 aliphatic heterocycles. The van der Waals surface area contributed by atoms with E-state index in [0.717, 1.165) is 18.4 Å².